The molecule has 2 heterocycles. The average Bonchev–Trinajstić information content (AvgIpc) is 3.22. The van der Waals surface area contributed by atoms with E-state index in [0.29, 0.717) is 24.4 Å². The van der Waals surface area contributed by atoms with Crippen molar-refractivity contribution in [2.45, 2.75) is 6.54 Å². The van der Waals surface area contributed by atoms with Gasteiger partial charge in [0.15, 0.2) is 0 Å². The number of carbonyl (C=O) groups is 1. The van der Waals surface area contributed by atoms with Crippen LogP contribution in [0.4, 0.5) is 5.95 Å². The second-order valence-electron chi connectivity index (χ2n) is 7.98. The maximum Gasteiger partial charge on any atom is 0.254 e. The van der Waals surface area contributed by atoms with Gasteiger partial charge in [0.25, 0.3) is 5.91 Å². The molecule has 1 aliphatic heterocycles. The Labute approximate surface area is 187 Å². The third kappa shape index (κ3) is 3.91. The Morgan fingerprint density at radius 2 is 1.66 bits per heavy atom. The van der Waals surface area contributed by atoms with Crippen LogP contribution in [0.1, 0.15) is 15.9 Å². The molecule has 0 saturated carbocycles. The van der Waals surface area contributed by atoms with E-state index in [4.69, 9.17) is 9.72 Å². The zero-order valence-corrected chi connectivity index (χ0v) is 18.1. The van der Waals surface area contributed by atoms with Crippen molar-refractivity contribution in [2.24, 2.45) is 0 Å². The number of imidazole rings is 1. The summed E-state index contributed by atoms with van der Waals surface area (Å²) in [5.74, 6) is 1.70. The summed E-state index contributed by atoms with van der Waals surface area (Å²) in [6.45, 7) is 3.57. The highest BCUT2D eigenvalue weighted by molar-refractivity contribution is 5.94. The van der Waals surface area contributed by atoms with Gasteiger partial charge in [0, 0.05) is 31.7 Å². The van der Waals surface area contributed by atoms with Crippen LogP contribution in [0.15, 0.2) is 78.9 Å². The van der Waals surface area contributed by atoms with E-state index in [-0.39, 0.29) is 5.91 Å². The van der Waals surface area contributed by atoms with E-state index in [9.17, 15) is 4.79 Å². The minimum absolute atomic E-state index is 0.0429. The van der Waals surface area contributed by atoms with E-state index >= 15 is 0 Å². The van der Waals surface area contributed by atoms with E-state index in [1.165, 1.54) is 5.56 Å². The standard InChI is InChI=1S/C26H26N4O2/c1-32-22-11-7-10-21(18-22)25(31)28-14-16-29(17-15-28)26-27-23-12-5-6-13-24(23)30(26)19-20-8-3-2-4-9-20/h2-13,18H,14-17,19H2,1H3. The summed E-state index contributed by atoms with van der Waals surface area (Å²) < 4.78 is 7.55. The number of hydrogen-bond acceptors (Lipinski definition) is 4. The highest BCUT2D eigenvalue weighted by Gasteiger charge is 2.25. The minimum Gasteiger partial charge on any atom is -0.497 e. The van der Waals surface area contributed by atoms with Crippen molar-refractivity contribution in [3.63, 3.8) is 0 Å². The molecule has 0 aliphatic carbocycles. The van der Waals surface area contributed by atoms with Crippen LogP contribution in [-0.2, 0) is 6.54 Å². The SMILES string of the molecule is COc1cccc(C(=O)N2CCN(c3nc4ccccc4n3Cc3ccccc3)CC2)c1. The van der Waals surface area contributed by atoms with E-state index in [1.807, 2.05) is 35.2 Å². The first kappa shape index (κ1) is 20.1. The van der Waals surface area contributed by atoms with Crippen LogP contribution >= 0.6 is 0 Å². The quantitative estimate of drug-likeness (QED) is 0.483. The number of methoxy groups -OCH3 is 1. The zero-order chi connectivity index (χ0) is 21.9. The van der Waals surface area contributed by atoms with Crippen LogP contribution in [0.5, 0.6) is 5.75 Å². The van der Waals surface area contributed by atoms with Crippen molar-refractivity contribution < 1.29 is 9.53 Å². The molecule has 1 fully saturated rings. The Bertz CT molecular complexity index is 1230. The Morgan fingerprint density at radius 3 is 2.44 bits per heavy atom. The number of para-hydroxylation sites is 2. The summed E-state index contributed by atoms with van der Waals surface area (Å²) in [4.78, 5) is 22.1. The van der Waals surface area contributed by atoms with Crippen molar-refractivity contribution in [1.82, 2.24) is 14.5 Å². The molecule has 0 unspecified atom stereocenters. The molecule has 1 saturated heterocycles. The fraction of sp³-hybridized carbons (Fsp3) is 0.231. The van der Waals surface area contributed by atoms with Crippen molar-refractivity contribution in [1.29, 1.82) is 0 Å². The lowest BCUT2D eigenvalue weighted by Gasteiger charge is -2.35. The van der Waals surface area contributed by atoms with Crippen LogP contribution in [0.25, 0.3) is 11.0 Å². The Hall–Kier alpha value is -3.80. The number of nitrogens with zero attached hydrogens (tertiary/aromatic N) is 4. The lowest BCUT2D eigenvalue weighted by molar-refractivity contribution is 0.0745. The van der Waals surface area contributed by atoms with Crippen LogP contribution in [0.3, 0.4) is 0 Å². The van der Waals surface area contributed by atoms with Gasteiger partial charge in [-0.05, 0) is 35.9 Å². The first-order valence-electron chi connectivity index (χ1n) is 10.9. The number of ether oxygens (including phenoxy) is 1. The number of hydrogen-bond donors (Lipinski definition) is 0. The molecule has 6 heteroatoms. The third-order valence-electron chi connectivity index (χ3n) is 5.98. The molecule has 0 bridgehead atoms. The van der Waals surface area contributed by atoms with E-state index in [0.717, 1.165) is 36.6 Å². The fourth-order valence-electron chi connectivity index (χ4n) is 4.27. The van der Waals surface area contributed by atoms with Crippen molar-refractivity contribution in [2.75, 3.05) is 38.2 Å². The van der Waals surface area contributed by atoms with E-state index < -0.39 is 0 Å². The highest BCUT2D eigenvalue weighted by atomic mass is 16.5. The maximum absolute atomic E-state index is 13.0. The number of rotatable bonds is 5. The Kier molecular flexibility index (Phi) is 5.50. The molecule has 1 aliphatic rings. The number of amides is 1. The van der Waals surface area contributed by atoms with Gasteiger partial charge in [-0.2, -0.15) is 0 Å². The summed E-state index contributed by atoms with van der Waals surface area (Å²) in [5, 5.41) is 0. The molecule has 32 heavy (non-hydrogen) atoms. The van der Waals surface area contributed by atoms with Gasteiger partial charge in [-0.3, -0.25) is 4.79 Å². The van der Waals surface area contributed by atoms with Gasteiger partial charge < -0.3 is 19.1 Å². The first-order chi connectivity index (χ1) is 15.7. The predicted octanol–water partition coefficient (Wildman–Crippen LogP) is 4.06. The lowest BCUT2D eigenvalue weighted by Crippen LogP contribution is -2.49. The normalized spacial score (nSPS) is 14.0. The van der Waals surface area contributed by atoms with E-state index in [1.54, 1.807) is 13.2 Å². The van der Waals surface area contributed by atoms with Gasteiger partial charge in [-0.1, -0.05) is 48.5 Å². The third-order valence-corrected chi connectivity index (χ3v) is 5.98. The van der Waals surface area contributed by atoms with Crippen LogP contribution in [0.2, 0.25) is 0 Å². The molecule has 162 valence electrons. The number of aromatic nitrogens is 2. The molecule has 5 rings (SSSR count). The molecule has 6 nitrogen and oxygen atoms in total. The number of piperazine rings is 1. The molecule has 1 aromatic heterocycles. The maximum atomic E-state index is 13.0. The molecular weight excluding hydrogens is 400 g/mol. The molecule has 3 aromatic carbocycles. The van der Waals surface area contributed by atoms with Crippen molar-refractivity contribution in [3.8, 4) is 5.75 Å². The molecule has 0 spiro atoms. The average molecular weight is 427 g/mol. The van der Waals surface area contributed by atoms with Gasteiger partial charge >= 0.3 is 0 Å². The summed E-state index contributed by atoms with van der Waals surface area (Å²) >= 11 is 0. The molecule has 1 amide bonds. The molecular formula is C26H26N4O2. The number of anilines is 1. The van der Waals surface area contributed by atoms with Gasteiger partial charge in [0.05, 0.1) is 24.7 Å². The topological polar surface area (TPSA) is 50.6 Å². The second kappa shape index (κ2) is 8.75. The second-order valence-corrected chi connectivity index (χ2v) is 7.98. The fourth-order valence-corrected chi connectivity index (χ4v) is 4.27. The van der Waals surface area contributed by atoms with Gasteiger partial charge in [0.1, 0.15) is 5.75 Å². The van der Waals surface area contributed by atoms with Crippen molar-refractivity contribution >= 4 is 22.9 Å². The van der Waals surface area contributed by atoms with Gasteiger partial charge in [-0.25, -0.2) is 4.98 Å². The minimum atomic E-state index is 0.0429. The highest BCUT2D eigenvalue weighted by Crippen LogP contribution is 2.25. The smallest absolute Gasteiger partial charge is 0.254 e. The summed E-state index contributed by atoms with van der Waals surface area (Å²) in [6, 6.07) is 26.1. The number of fused-ring (bicyclic) bond motifs is 1. The first-order valence-corrected chi connectivity index (χ1v) is 10.9. The van der Waals surface area contributed by atoms with E-state index in [2.05, 4.69) is 51.9 Å². The molecule has 0 N–H and O–H groups in total. The summed E-state index contributed by atoms with van der Waals surface area (Å²) in [5.41, 5.74) is 4.02. The zero-order valence-electron chi connectivity index (χ0n) is 18.1. The van der Waals surface area contributed by atoms with Crippen LogP contribution in [0, 0.1) is 0 Å². The monoisotopic (exact) mass is 426 g/mol. The largest absolute Gasteiger partial charge is 0.497 e. The lowest BCUT2D eigenvalue weighted by atomic mass is 10.1. The molecule has 0 radical (unpaired) electrons. The molecule has 0 atom stereocenters. The van der Waals surface area contributed by atoms with Crippen LogP contribution < -0.4 is 9.64 Å². The Morgan fingerprint density at radius 1 is 0.906 bits per heavy atom. The van der Waals surface area contributed by atoms with Crippen molar-refractivity contribution in [3.05, 3.63) is 90.0 Å². The molecule has 4 aromatic rings. The number of benzene rings is 3. The predicted molar refractivity (Wildman–Crippen MR) is 126 cm³/mol. The van der Waals surface area contributed by atoms with Crippen LogP contribution in [-0.4, -0.2) is 53.6 Å². The summed E-state index contributed by atoms with van der Waals surface area (Å²) in [6.07, 6.45) is 0. The van der Waals surface area contributed by atoms with Gasteiger partial charge in [-0.15, -0.1) is 0 Å². The Balaban J connectivity index is 1.37. The number of carbonyl (C=O) groups excluding carboxylic acids is 1. The summed E-state index contributed by atoms with van der Waals surface area (Å²) in [7, 11) is 1.61. The van der Waals surface area contributed by atoms with Gasteiger partial charge in [0.2, 0.25) is 5.95 Å².